The molecule has 4 heteroatoms. The summed E-state index contributed by atoms with van der Waals surface area (Å²) in [4.78, 5) is 4.42. The maximum Gasteiger partial charge on any atom is 0.100 e. The zero-order valence-corrected chi connectivity index (χ0v) is 16.7. The van der Waals surface area contributed by atoms with Crippen LogP contribution in [0.4, 0.5) is 5.69 Å². The molecule has 0 atom stereocenters. The molecule has 3 aromatic carbocycles. The Morgan fingerprint density at radius 1 is 0.929 bits per heavy atom. The van der Waals surface area contributed by atoms with Gasteiger partial charge in [0.1, 0.15) is 5.84 Å². The number of aryl methyl sites for hydroxylation is 1. The zero-order valence-electron chi connectivity index (χ0n) is 16.0. The lowest BCUT2D eigenvalue weighted by Gasteiger charge is -2.15. The predicted octanol–water partition coefficient (Wildman–Crippen LogP) is 6.22. The Labute approximate surface area is 171 Å². The molecule has 28 heavy (non-hydrogen) atoms. The molecule has 0 aliphatic heterocycles. The first-order chi connectivity index (χ1) is 13.7. The summed E-state index contributed by atoms with van der Waals surface area (Å²) in [6, 6.07) is 25.7. The highest BCUT2D eigenvalue weighted by atomic mass is 35.5. The van der Waals surface area contributed by atoms with Crippen molar-refractivity contribution in [1.29, 1.82) is 5.41 Å². The molecule has 3 rings (SSSR count). The molecular formula is C24H24ClN3. The van der Waals surface area contributed by atoms with Gasteiger partial charge in [-0.1, -0.05) is 72.3 Å². The molecule has 0 spiro atoms. The van der Waals surface area contributed by atoms with Crippen LogP contribution in [0.1, 0.15) is 29.5 Å². The lowest BCUT2D eigenvalue weighted by atomic mass is 10.0. The number of para-hydroxylation sites is 1. The van der Waals surface area contributed by atoms with Crippen LogP contribution >= 0.6 is 11.6 Å². The van der Waals surface area contributed by atoms with E-state index in [9.17, 15) is 0 Å². The van der Waals surface area contributed by atoms with Gasteiger partial charge in [-0.3, -0.25) is 10.4 Å². The number of amidine groups is 1. The van der Waals surface area contributed by atoms with Crippen molar-refractivity contribution in [2.75, 3.05) is 12.4 Å². The molecule has 0 aliphatic carbocycles. The highest BCUT2D eigenvalue weighted by molar-refractivity contribution is 6.30. The molecule has 0 saturated carbocycles. The third-order valence-electron chi connectivity index (χ3n) is 4.60. The number of benzene rings is 3. The van der Waals surface area contributed by atoms with E-state index in [1.165, 1.54) is 5.56 Å². The first-order valence-corrected chi connectivity index (χ1v) is 9.75. The van der Waals surface area contributed by atoms with Crippen LogP contribution < -0.4 is 5.32 Å². The van der Waals surface area contributed by atoms with Crippen LogP contribution in [-0.4, -0.2) is 18.6 Å². The van der Waals surface area contributed by atoms with Gasteiger partial charge in [0.2, 0.25) is 0 Å². The van der Waals surface area contributed by atoms with E-state index in [0.29, 0.717) is 10.7 Å². The van der Waals surface area contributed by atoms with E-state index >= 15 is 0 Å². The summed E-state index contributed by atoms with van der Waals surface area (Å²) in [5.41, 5.74) is 4.36. The highest BCUT2D eigenvalue weighted by Gasteiger charge is 2.11. The predicted molar refractivity (Wildman–Crippen MR) is 120 cm³/mol. The van der Waals surface area contributed by atoms with Gasteiger partial charge in [-0.25, -0.2) is 0 Å². The molecule has 3 aromatic rings. The standard InChI is InChI=1S/C24H24ClN3/c1-27-23(13-7-10-18-8-3-2-4-9-18)28-22-12-6-5-11-21(22)24(26)19-14-16-20(25)17-15-19/h2-6,8-9,11-12,14-17,26H,7,10,13H2,1H3,(H,27,28). The number of halogens is 1. The van der Waals surface area contributed by atoms with Gasteiger partial charge in [0.15, 0.2) is 0 Å². The van der Waals surface area contributed by atoms with Gasteiger partial charge < -0.3 is 5.32 Å². The van der Waals surface area contributed by atoms with E-state index in [2.05, 4.69) is 34.6 Å². The second-order valence-electron chi connectivity index (χ2n) is 6.56. The first-order valence-electron chi connectivity index (χ1n) is 9.38. The van der Waals surface area contributed by atoms with Crippen LogP contribution in [-0.2, 0) is 6.42 Å². The van der Waals surface area contributed by atoms with E-state index in [1.807, 2.05) is 54.6 Å². The van der Waals surface area contributed by atoms with E-state index in [0.717, 1.165) is 41.9 Å². The lowest BCUT2D eigenvalue weighted by molar-refractivity contribution is 0.862. The van der Waals surface area contributed by atoms with E-state index in [-0.39, 0.29) is 0 Å². The number of nitrogens with zero attached hydrogens (tertiary/aromatic N) is 1. The Balaban J connectivity index is 1.69. The summed E-state index contributed by atoms with van der Waals surface area (Å²) in [6.45, 7) is 0. The van der Waals surface area contributed by atoms with Crippen molar-refractivity contribution in [3.63, 3.8) is 0 Å². The first kappa shape index (κ1) is 19.8. The minimum atomic E-state index is 0.458. The van der Waals surface area contributed by atoms with Crippen molar-refractivity contribution < 1.29 is 0 Å². The lowest BCUT2D eigenvalue weighted by Crippen LogP contribution is -2.15. The number of hydrogen-bond acceptors (Lipinski definition) is 2. The second-order valence-corrected chi connectivity index (χ2v) is 7.00. The fraction of sp³-hybridized carbons (Fsp3) is 0.167. The number of aliphatic imine (C=N–C) groups is 1. The van der Waals surface area contributed by atoms with Crippen molar-refractivity contribution in [3.05, 3.63) is 101 Å². The molecule has 0 radical (unpaired) electrons. The molecule has 0 heterocycles. The highest BCUT2D eigenvalue weighted by Crippen LogP contribution is 2.21. The minimum absolute atomic E-state index is 0.458. The average molecular weight is 390 g/mol. The number of rotatable bonds is 7. The Kier molecular flexibility index (Phi) is 6.99. The summed E-state index contributed by atoms with van der Waals surface area (Å²) in [7, 11) is 1.80. The normalized spacial score (nSPS) is 11.3. The van der Waals surface area contributed by atoms with Gasteiger partial charge in [-0.2, -0.15) is 0 Å². The molecule has 0 unspecified atom stereocenters. The van der Waals surface area contributed by atoms with Gasteiger partial charge in [-0.05, 0) is 36.6 Å². The fourth-order valence-electron chi connectivity index (χ4n) is 3.07. The van der Waals surface area contributed by atoms with Crippen molar-refractivity contribution in [3.8, 4) is 0 Å². The SMILES string of the molecule is CN=C(CCCc1ccccc1)Nc1ccccc1C(=N)c1ccc(Cl)cc1. The van der Waals surface area contributed by atoms with Crippen LogP contribution in [0.15, 0.2) is 83.9 Å². The van der Waals surface area contributed by atoms with Gasteiger partial charge in [0, 0.05) is 35.3 Å². The number of anilines is 1. The van der Waals surface area contributed by atoms with Crippen LogP contribution in [0.5, 0.6) is 0 Å². The molecule has 0 saturated heterocycles. The van der Waals surface area contributed by atoms with Gasteiger partial charge in [0.25, 0.3) is 0 Å². The second kappa shape index (κ2) is 9.86. The van der Waals surface area contributed by atoms with Crippen molar-refractivity contribution in [2.24, 2.45) is 4.99 Å². The molecule has 142 valence electrons. The Hall–Kier alpha value is -2.91. The van der Waals surface area contributed by atoms with Crippen LogP contribution in [0.25, 0.3) is 0 Å². The minimum Gasteiger partial charge on any atom is -0.344 e. The molecule has 0 bridgehead atoms. The monoisotopic (exact) mass is 389 g/mol. The van der Waals surface area contributed by atoms with Crippen molar-refractivity contribution >= 4 is 28.8 Å². The molecule has 0 aliphatic rings. The third-order valence-corrected chi connectivity index (χ3v) is 4.85. The maximum atomic E-state index is 8.61. The average Bonchev–Trinajstić information content (AvgIpc) is 2.74. The van der Waals surface area contributed by atoms with Gasteiger partial charge in [-0.15, -0.1) is 0 Å². The Morgan fingerprint density at radius 3 is 2.32 bits per heavy atom. The molecular weight excluding hydrogens is 366 g/mol. The molecule has 0 fully saturated rings. The molecule has 0 amide bonds. The van der Waals surface area contributed by atoms with Crippen LogP contribution in [0, 0.1) is 5.41 Å². The summed E-state index contributed by atoms with van der Waals surface area (Å²) in [5.74, 6) is 0.923. The topological polar surface area (TPSA) is 48.2 Å². The molecule has 3 nitrogen and oxygen atoms in total. The summed E-state index contributed by atoms with van der Waals surface area (Å²) in [5, 5.41) is 12.7. The largest absolute Gasteiger partial charge is 0.344 e. The van der Waals surface area contributed by atoms with E-state index in [1.54, 1.807) is 7.05 Å². The van der Waals surface area contributed by atoms with Gasteiger partial charge >= 0.3 is 0 Å². The van der Waals surface area contributed by atoms with Crippen molar-refractivity contribution in [2.45, 2.75) is 19.3 Å². The quantitative estimate of drug-likeness (QED) is 0.365. The summed E-state index contributed by atoms with van der Waals surface area (Å²) < 4.78 is 0. The third kappa shape index (κ3) is 5.30. The smallest absolute Gasteiger partial charge is 0.100 e. The van der Waals surface area contributed by atoms with E-state index < -0.39 is 0 Å². The maximum absolute atomic E-state index is 8.61. The fourth-order valence-corrected chi connectivity index (χ4v) is 3.20. The zero-order chi connectivity index (χ0) is 19.8. The Morgan fingerprint density at radius 2 is 1.61 bits per heavy atom. The van der Waals surface area contributed by atoms with E-state index in [4.69, 9.17) is 17.0 Å². The van der Waals surface area contributed by atoms with Crippen LogP contribution in [0.3, 0.4) is 0 Å². The Bertz CT molecular complexity index is 947. The van der Waals surface area contributed by atoms with Crippen LogP contribution in [0.2, 0.25) is 5.02 Å². The van der Waals surface area contributed by atoms with Crippen molar-refractivity contribution in [1.82, 2.24) is 0 Å². The number of hydrogen-bond donors (Lipinski definition) is 2. The molecule has 2 N–H and O–H groups in total. The summed E-state index contributed by atoms with van der Waals surface area (Å²) in [6.07, 6.45) is 2.89. The molecule has 0 aromatic heterocycles. The number of nitrogens with one attached hydrogen (secondary N) is 2. The van der Waals surface area contributed by atoms with Gasteiger partial charge in [0.05, 0.1) is 5.71 Å². The summed E-state index contributed by atoms with van der Waals surface area (Å²) >= 11 is 5.98.